The van der Waals surface area contributed by atoms with Crippen LogP contribution in [0.4, 0.5) is 5.69 Å². The number of anilines is 1. The number of sulfonamides is 1. The number of aryl methyl sites for hydroxylation is 2. The maximum absolute atomic E-state index is 12.8. The zero-order valence-corrected chi connectivity index (χ0v) is 16.9. The van der Waals surface area contributed by atoms with Crippen LogP contribution in [-0.2, 0) is 21.4 Å². The number of hydrogen-bond donors (Lipinski definition) is 1. The second kappa shape index (κ2) is 8.00. The highest BCUT2D eigenvalue weighted by Gasteiger charge is 2.34. The lowest BCUT2D eigenvalue weighted by Gasteiger charge is -2.30. The highest BCUT2D eigenvalue weighted by atomic mass is 35.5. The van der Waals surface area contributed by atoms with Crippen LogP contribution in [0, 0.1) is 12.8 Å². The van der Waals surface area contributed by atoms with Gasteiger partial charge < -0.3 is 9.88 Å². The summed E-state index contributed by atoms with van der Waals surface area (Å²) in [6.07, 6.45) is 4.27. The number of rotatable bonds is 5. The van der Waals surface area contributed by atoms with E-state index in [9.17, 15) is 13.2 Å². The van der Waals surface area contributed by atoms with Gasteiger partial charge >= 0.3 is 0 Å². The molecule has 1 aromatic heterocycles. The summed E-state index contributed by atoms with van der Waals surface area (Å²) in [5, 5.41) is 3.31. The molecule has 1 fully saturated rings. The van der Waals surface area contributed by atoms with Crippen molar-refractivity contribution in [3.05, 3.63) is 41.3 Å². The molecular formula is C18H23ClN4O3S. The molecule has 0 spiro atoms. The summed E-state index contributed by atoms with van der Waals surface area (Å²) in [4.78, 5) is 16.7. The van der Waals surface area contributed by atoms with Crippen LogP contribution in [0.2, 0.25) is 5.02 Å². The number of amides is 1. The van der Waals surface area contributed by atoms with Crippen LogP contribution in [0.25, 0.3) is 0 Å². The third-order valence-corrected chi connectivity index (χ3v) is 6.78. The Morgan fingerprint density at radius 1 is 1.41 bits per heavy atom. The number of piperidine rings is 1. The minimum atomic E-state index is -3.71. The third kappa shape index (κ3) is 4.34. The van der Waals surface area contributed by atoms with Gasteiger partial charge in [0.05, 0.1) is 23.0 Å². The molecule has 27 heavy (non-hydrogen) atoms. The Bertz CT molecular complexity index is 942. The normalized spacial score (nSPS) is 18.4. The molecule has 1 N–H and O–H groups in total. The smallest absolute Gasteiger partial charge is 0.262 e. The highest BCUT2D eigenvalue weighted by Crippen LogP contribution is 2.27. The number of halogens is 1. The number of hydrogen-bond acceptors (Lipinski definition) is 4. The molecule has 1 saturated heterocycles. The Kier molecular flexibility index (Phi) is 5.88. The van der Waals surface area contributed by atoms with Gasteiger partial charge in [0.15, 0.2) is 5.03 Å². The van der Waals surface area contributed by atoms with E-state index < -0.39 is 15.9 Å². The molecule has 0 saturated carbocycles. The quantitative estimate of drug-likeness (QED) is 0.821. The van der Waals surface area contributed by atoms with E-state index >= 15 is 0 Å². The fraction of sp³-hybridized carbons (Fsp3) is 0.444. The average molecular weight is 411 g/mol. The second-order valence-corrected chi connectivity index (χ2v) is 9.01. The first kappa shape index (κ1) is 19.9. The lowest BCUT2D eigenvalue weighted by atomic mass is 9.98. The summed E-state index contributed by atoms with van der Waals surface area (Å²) in [6.45, 7) is 4.99. The van der Waals surface area contributed by atoms with E-state index in [1.54, 1.807) is 16.7 Å². The van der Waals surface area contributed by atoms with E-state index in [4.69, 9.17) is 11.6 Å². The zero-order chi connectivity index (χ0) is 19.6. The third-order valence-electron chi connectivity index (χ3n) is 4.72. The van der Waals surface area contributed by atoms with Gasteiger partial charge in [-0.3, -0.25) is 4.79 Å². The molecule has 2 aromatic rings. The topological polar surface area (TPSA) is 84.3 Å². The minimum absolute atomic E-state index is 0.0204. The summed E-state index contributed by atoms with van der Waals surface area (Å²) in [6, 6.07) is 5.40. The first-order valence-corrected chi connectivity index (χ1v) is 10.7. The Balaban J connectivity index is 1.72. The molecule has 1 aromatic carbocycles. The van der Waals surface area contributed by atoms with E-state index in [1.807, 2.05) is 19.9 Å². The van der Waals surface area contributed by atoms with Crippen LogP contribution in [-0.4, -0.2) is 41.3 Å². The lowest BCUT2D eigenvalue weighted by molar-refractivity contribution is -0.120. The summed E-state index contributed by atoms with van der Waals surface area (Å²) < 4.78 is 28.7. The second-order valence-electron chi connectivity index (χ2n) is 6.72. The van der Waals surface area contributed by atoms with Crippen molar-refractivity contribution in [2.75, 3.05) is 18.4 Å². The number of carbonyl (C=O) groups is 1. The fourth-order valence-corrected chi connectivity index (χ4v) is 4.85. The van der Waals surface area contributed by atoms with Crippen molar-refractivity contribution in [3.8, 4) is 0 Å². The molecule has 0 unspecified atom stereocenters. The van der Waals surface area contributed by atoms with Crippen LogP contribution in [0.1, 0.15) is 25.3 Å². The van der Waals surface area contributed by atoms with Crippen molar-refractivity contribution in [1.29, 1.82) is 0 Å². The molecular weight excluding hydrogens is 388 g/mol. The summed E-state index contributed by atoms with van der Waals surface area (Å²) in [5.41, 5.74) is 1.54. The monoisotopic (exact) mass is 410 g/mol. The predicted molar refractivity (Wildman–Crippen MR) is 104 cm³/mol. The van der Waals surface area contributed by atoms with Crippen molar-refractivity contribution in [2.45, 2.75) is 38.3 Å². The van der Waals surface area contributed by atoms with Crippen LogP contribution >= 0.6 is 11.6 Å². The number of imidazole rings is 1. The van der Waals surface area contributed by atoms with Crippen LogP contribution in [0.5, 0.6) is 0 Å². The Morgan fingerprint density at radius 3 is 2.85 bits per heavy atom. The van der Waals surface area contributed by atoms with Crippen molar-refractivity contribution >= 4 is 33.2 Å². The van der Waals surface area contributed by atoms with Crippen molar-refractivity contribution in [1.82, 2.24) is 13.9 Å². The number of aromatic nitrogens is 2. The van der Waals surface area contributed by atoms with Crippen molar-refractivity contribution in [3.63, 3.8) is 0 Å². The van der Waals surface area contributed by atoms with E-state index in [-0.39, 0.29) is 17.5 Å². The first-order valence-electron chi connectivity index (χ1n) is 8.90. The fourth-order valence-electron chi connectivity index (χ4n) is 3.11. The summed E-state index contributed by atoms with van der Waals surface area (Å²) in [5.74, 6) is -0.654. The zero-order valence-electron chi connectivity index (χ0n) is 15.4. The van der Waals surface area contributed by atoms with Gasteiger partial charge in [0.1, 0.15) is 0 Å². The molecule has 146 valence electrons. The van der Waals surface area contributed by atoms with Gasteiger partial charge in [0.25, 0.3) is 10.0 Å². The van der Waals surface area contributed by atoms with Gasteiger partial charge in [-0.15, -0.1) is 0 Å². The highest BCUT2D eigenvalue weighted by molar-refractivity contribution is 7.89. The van der Waals surface area contributed by atoms with Gasteiger partial charge in [-0.25, -0.2) is 13.4 Å². The van der Waals surface area contributed by atoms with E-state index in [2.05, 4.69) is 10.3 Å². The predicted octanol–water partition coefficient (Wildman–Crippen LogP) is 2.90. The molecule has 3 rings (SSSR count). The Morgan fingerprint density at radius 2 is 2.19 bits per heavy atom. The number of nitrogens with zero attached hydrogens (tertiary/aromatic N) is 3. The van der Waals surface area contributed by atoms with Gasteiger partial charge in [0, 0.05) is 25.8 Å². The van der Waals surface area contributed by atoms with Gasteiger partial charge in [-0.1, -0.05) is 17.7 Å². The maximum Gasteiger partial charge on any atom is 0.262 e. The van der Waals surface area contributed by atoms with E-state index in [0.29, 0.717) is 36.6 Å². The lowest BCUT2D eigenvalue weighted by Crippen LogP contribution is -2.43. The molecule has 1 amide bonds. The molecule has 1 aliphatic rings. The molecule has 2 heterocycles. The molecule has 1 atom stereocenters. The number of carbonyl (C=O) groups excluding carboxylic acids is 1. The minimum Gasteiger partial charge on any atom is -0.336 e. The van der Waals surface area contributed by atoms with E-state index in [1.165, 1.54) is 16.8 Å². The van der Waals surface area contributed by atoms with E-state index in [0.717, 1.165) is 5.56 Å². The van der Waals surface area contributed by atoms with Crippen LogP contribution in [0.3, 0.4) is 0 Å². The van der Waals surface area contributed by atoms with Gasteiger partial charge in [-0.05, 0) is 44.4 Å². The SMILES string of the molecule is CCn1cnc(S(=O)(=O)N2CCC[C@@H](C(=O)Nc3ccc(C)cc3Cl)C2)c1. The largest absolute Gasteiger partial charge is 0.336 e. The standard InChI is InChI=1S/C18H23ClN4O3S/c1-3-22-11-17(20-12-22)27(25,26)23-8-4-5-14(10-23)18(24)21-16-7-6-13(2)9-15(16)19/h6-7,9,11-12,14H,3-5,8,10H2,1-2H3,(H,21,24)/t14-/m1/s1. The average Bonchev–Trinajstić information content (AvgIpc) is 3.14. The molecule has 1 aliphatic heterocycles. The van der Waals surface area contributed by atoms with Crippen molar-refractivity contribution < 1.29 is 13.2 Å². The Hall–Kier alpha value is -1.90. The number of benzene rings is 1. The van der Waals surface area contributed by atoms with Crippen molar-refractivity contribution in [2.24, 2.45) is 5.92 Å². The molecule has 9 heteroatoms. The summed E-state index contributed by atoms with van der Waals surface area (Å²) in [7, 11) is -3.71. The Labute approximate surface area is 164 Å². The van der Waals surface area contributed by atoms with Crippen LogP contribution in [0.15, 0.2) is 35.7 Å². The summed E-state index contributed by atoms with van der Waals surface area (Å²) >= 11 is 6.18. The molecule has 0 bridgehead atoms. The van der Waals surface area contributed by atoms with Crippen LogP contribution < -0.4 is 5.32 Å². The van der Waals surface area contributed by atoms with Gasteiger partial charge in [0.2, 0.25) is 5.91 Å². The molecule has 7 nitrogen and oxygen atoms in total. The molecule has 0 radical (unpaired) electrons. The number of nitrogens with one attached hydrogen (secondary N) is 1. The van der Waals surface area contributed by atoms with Gasteiger partial charge in [-0.2, -0.15) is 4.31 Å². The maximum atomic E-state index is 12.8. The first-order chi connectivity index (χ1) is 12.8. The molecule has 0 aliphatic carbocycles.